The smallest absolute Gasteiger partial charge is 0.0662 e. The minimum atomic E-state index is -0.125. The van der Waals surface area contributed by atoms with E-state index in [0.29, 0.717) is 0 Å². The van der Waals surface area contributed by atoms with Gasteiger partial charge in [-0.05, 0) is 13.8 Å². The Balaban J connectivity index is -0.0000000191. The first-order valence-electron chi connectivity index (χ1n) is 3.10. The van der Waals surface area contributed by atoms with Gasteiger partial charge in [0.2, 0.25) is 0 Å². The summed E-state index contributed by atoms with van der Waals surface area (Å²) >= 11 is 0. The molecule has 0 aliphatic carbocycles. The van der Waals surface area contributed by atoms with Gasteiger partial charge in [-0.3, -0.25) is 0 Å². The maximum Gasteiger partial charge on any atom is 0.0662 e. The quantitative estimate of drug-likeness (QED) is 0.460. The summed E-state index contributed by atoms with van der Waals surface area (Å²) in [6, 6.07) is 0. The fourth-order valence-electron chi connectivity index (χ4n) is 0. The summed E-state index contributed by atoms with van der Waals surface area (Å²) in [4.78, 5) is 0. The second kappa shape index (κ2) is 81.3. The van der Waals surface area contributed by atoms with Crippen LogP contribution in [-0.2, 0) is 0 Å². The Bertz CT molecular complexity index is 51.0. The van der Waals surface area contributed by atoms with Crippen molar-refractivity contribution in [3.63, 3.8) is 0 Å². The Labute approximate surface area is 75.8 Å². The highest BCUT2D eigenvalue weighted by molar-refractivity contribution is 4.51. The molecule has 8 N–H and O–H groups in total. The van der Waals surface area contributed by atoms with E-state index in [1.807, 2.05) is 13.8 Å². The van der Waals surface area contributed by atoms with E-state index in [0.717, 1.165) is 0 Å². The third-order valence-corrected chi connectivity index (χ3v) is 0.1000. The maximum absolute atomic E-state index is 7.62. The van der Waals surface area contributed by atoms with E-state index in [1.54, 1.807) is 12.2 Å². The summed E-state index contributed by atoms with van der Waals surface area (Å²) in [6.07, 6.45) is 3.50. The number of rotatable bonds is 1. The molecule has 12 heavy (non-hydrogen) atoms. The van der Waals surface area contributed by atoms with Crippen LogP contribution in [0.3, 0.4) is 0 Å². The third kappa shape index (κ3) is 6300. The lowest BCUT2D eigenvalue weighted by molar-refractivity contribution is 0.186. The summed E-state index contributed by atoms with van der Waals surface area (Å²) in [5.41, 5.74) is 0. The minimum Gasteiger partial charge on any atom is -0.394 e. The van der Waals surface area contributed by atoms with Gasteiger partial charge in [-0.15, -0.1) is 13.2 Å². The summed E-state index contributed by atoms with van der Waals surface area (Å²) in [5, 5.41) is 15.2. The fourth-order valence-corrected chi connectivity index (χ4v) is 0. The molecule has 0 unspecified atom stereocenters. The van der Waals surface area contributed by atoms with Crippen molar-refractivity contribution >= 4 is 0 Å². The molecule has 78 valence electrons. The highest BCUT2D eigenvalue weighted by Crippen LogP contribution is 1.39. The molecule has 0 radical (unpaired) electrons. The summed E-state index contributed by atoms with van der Waals surface area (Å²) < 4.78 is 0. The van der Waals surface area contributed by atoms with E-state index < -0.39 is 0 Å². The zero-order valence-corrected chi connectivity index (χ0v) is 8.29. The molecule has 0 saturated heterocycles. The predicted molar refractivity (Wildman–Crippen MR) is 56.0 cm³/mol. The van der Waals surface area contributed by atoms with Gasteiger partial charge in [0, 0.05) is 0 Å². The number of hydrogen-bond acceptors (Lipinski definition) is 4. The Morgan fingerprint density at radius 2 is 1.00 bits per heavy atom. The molecule has 0 aromatic carbocycles. The first-order chi connectivity index (χ1) is 4.74. The lowest BCUT2D eigenvalue weighted by Crippen LogP contribution is -1.85. The van der Waals surface area contributed by atoms with Crippen LogP contribution < -0.4 is 12.3 Å². The molecule has 0 aromatic rings. The van der Waals surface area contributed by atoms with Gasteiger partial charge < -0.3 is 22.5 Å². The third-order valence-electron chi connectivity index (χ3n) is 0.1000. The second-order valence-electron chi connectivity index (χ2n) is 1.26. The van der Waals surface area contributed by atoms with Crippen molar-refractivity contribution in [3.05, 3.63) is 25.3 Å². The van der Waals surface area contributed by atoms with Gasteiger partial charge >= 0.3 is 0 Å². The Hall–Kier alpha value is -0.680. The van der Waals surface area contributed by atoms with Crippen molar-refractivity contribution in [2.75, 3.05) is 13.2 Å². The lowest BCUT2D eigenvalue weighted by Gasteiger charge is -1.70. The van der Waals surface area contributed by atoms with Crippen LogP contribution in [0, 0.1) is 0 Å². The van der Waals surface area contributed by atoms with E-state index >= 15 is 0 Å². The molecule has 0 atom stereocenters. The van der Waals surface area contributed by atoms with Crippen molar-refractivity contribution in [1.82, 2.24) is 12.3 Å². The standard InChI is InChI=1S/2C3H6.C2H6O2.2H3N/c2*1-3-2;3-1-2-4;;/h2*3H,1H2,2H3;3-4H,1-2H2;2*1H3. The molecule has 0 spiro atoms. The molecular weight excluding hydrogens is 156 g/mol. The predicted octanol–water partition coefficient (Wildman–Crippen LogP) is 1.68. The van der Waals surface area contributed by atoms with Crippen LogP contribution in [0.4, 0.5) is 0 Å². The monoisotopic (exact) mass is 180 g/mol. The van der Waals surface area contributed by atoms with Crippen LogP contribution in [0.2, 0.25) is 0 Å². The first-order valence-corrected chi connectivity index (χ1v) is 3.10. The van der Waals surface area contributed by atoms with Gasteiger partial charge in [-0.2, -0.15) is 0 Å². The minimum absolute atomic E-state index is 0. The van der Waals surface area contributed by atoms with E-state index in [1.165, 1.54) is 0 Å². The normalized spacial score (nSPS) is 4.67. The maximum atomic E-state index is 7.62. The highest BCUT2D eigenvalue weighted by Gasteiger charge is 1.58. The van der Waals surface area contributed by atoms with Gasteiger partial charge in [-0.1, -0.05) is 12.2 Å². The van der Waals surface area contributed by atoms with Gasteiger partial charge in [-0.25, -0.2) is 0 Å². The van der Waals surface area contributed by atoms with Crippen LogP contribution in [-0.4, -0.2) is 23.4 Å². The van der Waals surface area contributed by atoms with Crippen LogP contribution in [0.15, 0.2) is 25.3 Å². The van der Waals surface area contributed by atoms with Gasteiger partial charge in [0.1, 0.15) is 0 Å². The van der Waals surface area contributed by atoms with E-state index in [4.69, 9.17) is 10.2 Å². The Kier molecular flexibility index (Phi) is 205. The summed E-state index contributed by atoms with van der Waals surface area (Å²) in [7, 11) is 0. The molecule has 0 aromatic heterocycles. The van der Waals surface area contributed by atoms with E-state index in [2.05, 4.69) is 13.2 Å². The van der Waals surface area contributed by atoms with Crippen molar-refractivity contribution in [2.45, 2.75) is 13.8 Å². The zero-order valence-electron chi connectivity index (χ0n) is 8.29. The lowest BCUT2D eigenvalue weighted by atomic mass is 10.8. The average Bonchev–Trinajstić information content (AvgIpc) is 1.91. The van der Waals surface area contributed by atoms with Gasteiger partial charge in [0.25, 0.3) is 0 Å². The molecule has 0 fully saturated rings. The Morgan fingerprint density at radius 1 is 0.917 bits per heavy atom. The zero-order chi connectivity index (χ0) is 8.83. The largest absolute Gasteiger partial charge is 0.394 e. The van der Waals surface area contributed by atoms with Crippen molar-refractivity contribution in [1.29, 1.82) is 0 Å². The van der Waals surface area contributed by atoms with E-state index in [9.17, 15) is 0 Å². The fraction of sp³-hybridized carbons (Fsp3) is 0.500. The average molecular weight is 180 g/mol. The molecule has 4 heteroatoms. The molecule has 4 nitrogen and oxygen atoms in total. The van der Waals surface area contributed by atoms with E-state index in [-0.39, 0.29) is 25.5 Å². The summed E-state index contributed by atoms with van der Waals surface area (Å²) in [6.45, 7) is 10.2. The molecule has 0 saturated carbocycles. The molecule has 0 rings (SSSR count). The van der Waals surface area contributed by atoms with Crippen LogP contribution in [0.1, 0.15) is 13.8 Å². The van der Waals surface area contributed by atoms with Crippen LogP contribution in [0.25, 0.3) is 0 Å². The highest BCUT2D eigenvalue weighted by atomic mass is 16.3. The number of aliphatic hydroxyl groups is 2. The SMILES string of the molecule is C=CC.C=CC.N.N.OCCO. The molecular formula is C8H24N2O2. The Morgan fingerprint density at radius 3 is 1.00 bits per heavy atom. The van der Waals surface area contributed by atoms with Gasteiger partial charge in [0.05, 0.1) is 13.2 Å². The number of hydrogen-bond donors (Lipinski definition) is 4. The number of allylic oxidation sites excluding steroid dienone is 2. The van der Waals surface area contributed by atoms with Gasteiger partial charge in [0.15, 0.2) is 0 Å². The topological polar surface area (TPSA) is 110 Å². The van der Waals surface area contributed by atoms with Crippen molar-refractivity contribution in [2.24, 2.45) is 0 Å². The molecule has 0 aliphatic heterocycles. The molecule has 0 amide bonds. The van der Waals surface area contributed by atoms with Crippen LogP contribution >= 0.6 is 0 Å². The molecule has 0 aliphatic rings. The van der Waals surface area contributed by atoms with Crippen molar-refractivity contribution in [3.8, 4) is 0 Å². The van der Waals surface area contributed by atoms with Crippen LogP contribution in [0.5, 0.6) is 0 Å². The molecule has 0 heterocycles. The molecule has 0 bridgehead atoms. The van der Waals surface area contributed by atoms with Crippen molar-refractivity contribution < 1.29 is 10.2 Å². The second-order valence-corrected chi connectivity index (χ2v) is 1.26. The summed E-state index contributed by atoms with van der Waals surface area (Å²) in [5.74, 6) is 0. The first kappa shape index (κ1) is 30.2. The number of aliphatic hydroxyl groups excluding tert-OH is 2.